The Balaban J connectivity index is 0.00000420. The third-order valence-electron chi connectivity index (χ3n) is 6.79. The predicted octanol–water partition coefficient (Wildman–Crippen LogP) is 4.63. The minimum absolute atomic E-state index is 0. The van der Waals surface area contributed by atoms with E-state index in [0.29, 0.717) is 36.9 Å². The number of carbonyl (C=O) groups excluding carboxylic acids is 2. The fourth-order valence-corrected chi connectivity index (χ4v) is 4.56. The molecule has 0 aliphatic carbocycles. The molecule has 210 valence electrons. The number of nitrogens with one attached hydrogen (secondary N) is 1. The van der Waals surface area contributed by atoms with Crippen LogP contribution in [0.2, 0.25) is 0 Å². The quantitative estimate of drug-likeness (QED) is 0.356. The number of aryl methyl sites for hydroxylation is 2. The number of benzene rings is 2. The van der Waals surface area contributed by atoms with E-state index in [4.69, 9.17) is 4.52 Å². The van der Waals surface area contributed by atoms with E-state index in [0.717, 1.165) is 41.6 Å². The van der Waals surface area contributed by atoms with Gasteiger partial charge >= 0.3 is 0 Å². The van der Waals surface area contributed by atoms with Crippen molar-refractivity contribution in [1.82, 2.24) is 25.5 Å². The minimum atomic E-state index is -0.267. The van der Waals surface area contributed by atoms with Gasteiger partial charge in [0.15, 0.2) is 0 Å². The first-order valence-corrected chi connectivity index (χ1v) is 13.0. The second-order valence-corrected chi connectivity index (χ2v) is 9.67. The van der Waals surface area contributed by atoms with Crippen LogP contribution in [-0.2, 0) is 22.7 Å². The lowest BCUT2D eigenvalue weighted by Gasteiger charge is -2.32. The van der Waals surface area contributed by atoms with E-state index in [1.54, 1.807) is 24.9 Å². The molecule has 0 spiro atoms. The third-order valence-corrected chi connectivity index (χ3v) is 6.79. The zero-order chi connectivity index (χ0) is 27.2. The standard InChI is InChI=1S/C28H35FN6O3.CH4/c1-5-6-7-13-30-26(36)17-34(25-14-21(12-11-19(25)2)28-31-20(3)38-32-28)18-27(37)33(4)35-15-22-9-8-10-24(29)23(22)16-35;/h8-12,14H,5-7,13,15-18H2,1-4H3,(H,30,36);1H4. The summed E-state index contributed by atoms with van der Waals surface area (Å²) in [7, 11) is 1.68. The summed E-state index contributed by atoms with van der Waals surface area (Å²) in [6.45, 7) is 7.08. The molecule has 39 heavy (non-hydrogen) atoms. The van der Waals surface area contributed by atoms with Gasteiger partial charge in [0.1, 0.15) is 5.82 Å². The Bertz CT molecular complexity index is 1290. The fourth-order valence-electron chi connectivity index (χ4n) is 4.56. The van der Waals surface area contributed by atoms with Crippen molar-refractivity contribution in [2.45, 2.75) is 60.5 Å². The summed E-state index contributed by atoms with van der Waals surface area (Å²) in [6, 6.07) is 10.7. The molecule has 0 saturated heterocycles. The smallest absolute Gasteiger partial charge is 0.256 e. The lowest BCUT2D eigenvalue weighted by atomic mass is 10.1. The number of rotatable bonds is 11. The molecule has 0 unspecified atom stereocenters. The van der Waals surface area contributed by atoms with Gasteiger partial charge in [-0.25, -0.2) is 9.40 Å². The number of carbonyl (C=O) groups is 2. The molecule has 2 amide bonds. The first-order chi connectivity index (χ1) is 18.3. The first-order valence-electron chi connectivity index (χ1n) is 13.0. The Hall–Kier alpha value is -3.79. The molecule has 0 saturated carbocycles. The summed E-state index contributed by atoms with van der Waals surface area (Å²) in [5, 5.41) is 10.3. The largest absolute Gasteiger partial charge is 0.355 e. The van der Waals surface area contributed by atoms with Gasteiger partial charge in [0.05, 0.1) is 13.1 Å². The van der Waals surface area contributed by atoms with Crippen LogP contribution in [0.15, 0.2) is 40.9 Å². The van der Waals surface area contributed by atoms with Gasteiger partial charge in [-0.1, -0.05) is 56.6 Å². The molecule has 0 bridgehead atoms. The predicted molar refractivity (Wildman–Crippen MR) is 149 cm³/mol. The third kappa shape index (κ3) is 7.20. The van der Waals surface area contributed by atoms with E-state index in [1.807, 2.05) is 36.2 Å². The molecule has 1 aromatic heterocycles. The van der Waals surface area contributed by atoms with Crippen molar-refractivity contribution in [3.8, 4) is 11.4 Å². The molecule has 0 radical (unpaired) electrons. The van der Waals surface area contributed by atoms with E-state index in [2.05, 4.69) is 22.4 Å². The number of nitrogens with zero attached hydrogens (tertiary/aromatic N) is 5. The average molecular weight is 539 g/mol. The highest BCUT2D eigenvalue weighted by Crippen LogP contribution is 2.28. The maximum Gasteiger partial charge on any atom is 0.256 e. The number of halogens is 1. The van der Waals surface area contributed by atoms with Crippen LogP contribution >= 0.6 is 0 Å². The Labute approximate surface area is 229 Å². The highest BCUT2D eigenvalue weighted by Gasteiger charge is 2.29. The van der Waals surface area contributed by atoms with Gasteiger partial charge < -0.3 is 14.7 Å². The second-order valence-electron chi connectivity index (χ2n) is 9.67. The molecule has 0 atom stereocenters. The highest BCUT2D eigenvalue weighted by atomic mass is 19.1. The monoisotopic (exact) mass is 538 g/mol. The van der Waals surface area contributed by atoms with Crippen molar-refractivity contribution in [3.63, 3.8) is 0 Å². The van der Waals surface area contributed by atoms with Gasteiger partial charge in [0.2, 0.25) is 17.6 Å². The average Bonchev–Trinajstić information content (AvgIpc) is 3.53. The van der Waals surface area contributed by atoms with Crippen LogP contribution in [0.25, 0.3) is 11.4 Å². The normalized spacial score (nSPS) is 12.5. The van der Waals surface area contributed by atoms with Crippen molar-refractivity contribution in [2.24, 2.45) is 0 Å². The van der Waals surface area contributed by atoms with Crippen molar-refractivity contribution >= 4 is 17.5 Å². The van der Waals surface area contributed by atoms with Crippen molar-refractivity contribution < 1.29 is 18.5 Å². The lowest BCUT2D eigenvalue weighted by molar-refractivity contribution is -0.145. The number of likely N-dealkylation sites (N-methyl/N-ethyl adjacent to an activating group) is 1. The van der Waals surface area contributed by atoms with E-state index >= 15 is 0 Å². The summed E-state index contributed by atoms with van der Waals surface area (Å²) in [5.74, 6) is 0.249. The molecule has 10 heteroatoms. The molecular weight excluding hydrogens is 499 g/mol. The molecule has 2 aromatic carbocycles. The summed E-state index contributed by atoms with van der Waals surface area (Å²) in [5.41, 5.74) is 3.83. The number of hydrogen-bond donors (Lipinski definition) is 1. The van der Waals surface area contributed by atoms with Crippen molar-refractivity contribution in [2.75, 3.05) is 31.6 Å². The molecule has 1 N–H and O–H groups in total. The number of amides is 2. The molecule has 9 nitrogen and oxygen atoms in total. The molecule has 1 aliphatic heterocycles. The van der Waals surface area contributed by atoms with Crippen LogP contribution in [0.1, 0.15) is 56.2 Å². The van der Waals surface area contributed by atoms with Gasteiger partial charge in [-0.05, 0) is 36.6 Å². The summed E-state index contributed by atoms with van der Waals surface area (Å²) < 4.78 is 19.4. The topological polar surface area (TPSA) is 94.8 Å². The fraction of sp³-hybridized carbons (Fsp3) is 0.448. The van der Waals surface area contributed by atoms with E-state index in [-0.39, 0.29) is 38.1 Å². The van der Waals surface area contributed by atoms with Crippen LogP contribution in [0.4, 0.5) is 10.1 Å². The Morgan fingerprint density at radius 1 is 1.13 bits per heavy atom. The van der Waals surface area contributed by atoms with Gasteiger partial charge in [-0.2, -0.15) is 4.98 Å². The van der Waals surface area contributed by atoms with Crippen LogP contribution in [0.5, 0.6) is 0 Å². The number of anilines is 1. The Morgan fingerprint density at radius 3 is 2.62 bits per heavy atom. The SMILES string of the molecule is C.CCCCCNC(=O)CN(CC(=O)N(C)N1Cc2cccc(F)c2C1)c1cc(-c2noc(C)n2)ccc1C. The maximum absolute atomic E-state index is 14.3. The van der Waals surface area contributed by atoms with Crippen LogP contribution < -0.4 is 10.2 Å². The molecule has 0 fully saturated rings. The maximum atomic E-state index is 14.3. The number of fused-ring (bicyclic) bond motifs is 1. The molecular formula is C29H39FN6O3. The number of aromatic nitrogens is 2. The van der Waals surface area contributed by atoms with E-state index < -0.39 is 0 Å². The Morgan fingerprint density at radius 2 is 1.92 bits per heavy atom. The zero-order valence-electron chi connectivity index (χ0n) is 22.5. The number of hydrogen-bond acceptors (Lipinski definition) is 7. The zero-order valence-corrected chi connectivity index (χ0v) is 22.5. The van der Waals surface area contributed by atoms with Gasteiger partial charge in [-0.15, -0.1) is 0 Å². The first kappa shape index (κ1) is 29.8. The second kappa shape index (κ2) is 13.3. The van der Waals surface area contributed by atoms with Crippen LogP contribution in [-0.4, -0.2) is 58.7 Å². The van der Waals surface area contributed by atoms with Gasteiger partial charge in [-0.3, -0.25) is 14.6 Å². The lowest BCUT2D eigenvalue weighted by Crippen LogP contribution is -2.48. The molecule has 2 heterocycles. The van der Waals surface area contributed by atoms with Crippen molar-refractivity contribution in [1.29, 1.82) is 0 Å². The summed E-state index contributed by atoms with van der Waals surface area (Å²) >= 11 is 0. The van der Waals surface area contributed by atoms with Gasteiger partial charge in [0.25, 0.3) is 5.91 Å². The number of hydrazine groups is 1. The van der Waals surface area contributed by atoms with Gasteiger partial charge in [0, 0.05) is 50.4 Å². The van der Waals surface area contributed by atoms with E-state index in [9.17, 15) is 14.0 Å². The summed E-state index contributed by atoms with van der Waals surface area (Å²) in [4.78, 5) is 32.4. The molecule has 3 aromatic rings. The van der Waals surface area contributed by atoms with Crippen LogP contribution in [0.3, 0.4) is 0 Å². The number of unbranched alkanes of at least 4 members (excludes halogenated alkanes) is 2. The summed E-state index contributed by atoms with van der Waals surface area (Å²) in [6.07, 6.45) is 3.01. The van der Waals surface area contributed by atoms with Crippen LogP contribution in [0, 0.1) is 19.7 Å². The molecule has 1 aliphatic rings. The van der Waals surface area contributed by atoms with Crippen molar-refractivity contribution in [3.05, 3.63) is 64.8 Å². The highest BCUT2D eigenvalue weighted by molar-refractivity contribution is 5.87. The Kier molecular flexibility index (Phi) is 10.2. The minimum Gasteiger partial charge on any atom is -0.355 e. The van der Waals surface area contributed by atoms with E-state index in [1.165, 1.54) is 11.1 Å². The molecule has 4 rings (SSSR count).